The molecule has 0 saturated carbocycles. The van der Waals surface area contributed by atoms with Crippen LogP contribution in [-0.2, 0) is 32.0 Å². The third-order valence-electron chi connectivity index (χ3n) is 8.02. The van der Waals surface area contributed by atoms with Gasteiger partial charge in [-0.3, -0.25) is 14.4 Å². The van der Waals surface area contributed by atoms with Crippen molar-refractivity contribution in [2.75, 3.05) is 13.1 Å². The maximum atomic E-state index is 13.8. The van der Waals surface area contributed by atoms with Crippen molar-refractivity contribution in [2.45, 2.75) is 69.1 Å². The maximum absolute atomic E-state index is 13.8. The number of carboxylic acids is 1. The fourth-order valence-electron chi connectivity index (χ4n) is 5.68. The van der Waals surface area contributed by atoms with E-state index in [4.69, 9.17) is 11.5 Å². The topological polar surface area (TPSA) is 213 Å². The second-order valence-electron chi connectivity index (χ2n) is 11.3. The number of H-pyrrole nitrogens is 1. The Bertz CT molecular complexity index is 1490. The number of rotatable bonds is 14. The van der Waals surface area contributed by atoms with Crippen LogP contribution in [-0.4, -0.2) is 82.0 Å². The quantitative estimate of drug-likeness (QED) is 0.131. The summed E-state index contributed by atoms with van der Waals surface area (Å²) < 4.78 is 0. The summed E-state index contributed by atoms with van der Waals surface area (Å²) in [6.07, 6.45) is 4.27. The first-order valence-corrected chi connectivity index (χ1v) is 15.2. The molecule has 1 aliphatic rings. The number of likely N-dealkylation sites (tertiary alicyclic amines) is 1. The van der Waals surface area contributed by atoms with E-state index < -0.39 is 48.0 Å². The summed E-state index contributed by atoms with van der Waals surface area (Å²) in [5.74, 6) is -2.78. The predicted molar refractivity (Wildman–Crippen MR) is 168 cm³/mol. The zero-order valence-electron chi connectivity index (χ0n) is 25.0. The van der Waals surface area contributed by atoms with E-state index in [0.29, 0.717) is 19.4 Å². The molecule has 0 radical (unpaired) electrons. The molecule has 13 heteroatoms. The van der Waals surface area contributed by atoms with Gasteiger partial charge in [-0.1, -0.05) is 48.5 Å². The molecule has 9 N–H and O–H groups in total. The summed E-state index contributed by atoms with van der Waals surface area (Å²) in [6, 6.07) is 12.1. The number of primary amides is 1. The molecule has 1 saturated heterocycles. The molecule has 13 nitrogen and oxygen atoms in total. The molecule has 5 amide bonds. The van der Waals surface area contributed by atoms with Crippen molar-refractivity contribution < 1.29 is 29.1 Å². The van der Waals surface area contributed by atoms with Gasteiger partial charge in [0.25, 0.3) is 0 Å². The van der Waals surface area contributed by atoms with Gasteiger partial charge in [-0.05, 0) is 55.7 Å². The van der Waals surface area contributed by atoms with Crippen LogP contribution in [0.1, 0.15) is 43.2 Å². The molecule has 4 atom stereocenters. The van der Waals surface area contributed by atoms with Crippen molar-refractivity contribution >= 4 is 40.6 Å². The lowest BCUT2D eigenvalue weighted by Gasteiger charge is -2.37. The Morgan fingerprint density at radius 3 is 2.42 bits per heavy atom. The SMILES string of the molecule is NC(=O)NCCC[C@H](NC(=O)[C@H](Cc1c[nH]c2ccccc12)NC(=O)[C@@H]1CCCCN1C(=O)[C@@H](N)Cc1ccccc1)C(=O)O. The number of hydrogen-bond donors (Lipinski definition) is 7. The normalized spacial score (nSPS) is 16.7. The average Bonchev–Trinajstić information content (AvgIpc) is 3.44. The van der Waals surface area contributed by atoms with Gasteiger partial charge in [-0.15, -0.1) is 0 Å². The molecule has 45 heavy (non-hydrogen) atoms. The zero-order valence-corrected chi connectivity index (χ0v) is 25.0. The van der Waals surface area contributed by atoms with Crippen LogP contribution >= 0.6 is 0 Å². The Labute approximate surface area is 261 Å². The van der Waals surface area contributed by atoms with E-state index in [9.17, 15) is 29.1 Å². The molecule has 1 aliphatic heterocycles. The Hall–Kier alpha value is -4.91. The molecule has 1 aromatic heterocycles. The molecular formula is C32H41N7O6. The molecule has 2 aromatic carbocycles. The Balaban J connectivity index is 1.51. The number of fused-ring (bicyclic) bond motifs is 1. The molecule has 0 aliphatic carbocycles. The van der Waals surface area contributed by atoms with Crippen LogP contribution in [0.3, 0.4) is 0 Å². The molecule has 0 unspecified atom stereocenters. The van der Waals surface area contributed by atoms with Crippen LogP contribution in [0.25, 0.3) is 10.9 Å². The van der Waals surface area contributed by atoms with Gasteiger partial charge in [0.05, 0.1) is 6.04 Å². The number of amides is 5. The smallest absolute Gasteiger partial charge is 0.326 e. The van der Waals surface area contributed by atoms with Crippen LogP contribution in [0.2, 0.25) is 0 Å². The Morgan fingerprint density at radius 1 is 0.956 bits per heavy atom. The first kappa shape index (κ1) is 33.0. The number of nitrogens with two attached hydrogens (primary N) is 2. The minimum absolute atomic E-state index is 0.0271. The van der Waals surface area contributed by atoms with Crippen LogP contribution in [0.4, 0.5) is 4.79 Å². The molecule has 240 valence electrons. The number of aromatic nitrogens is 1. The van der Waals surface area contributed by atoms with E-state index in [-0.39, 0.29) is 31.7 Å². The standard InChI is InChI=1S/C32H41N7O6/c33-23(17-20-9-2-1-3-10-20)30(42)39-16-7-6-14-27(39)29(41)38-26(18-21-19-36-24-12-5-4-11-22(21)24)28(40)37-25(31(43)44)13-8-15-35-32(34)45/h1-5,9-12,19,23,25-27,36H,6-8,13-18,33H2,(H,37,40)(H,38,41)(H,43,44)(H3,34,35,45)/t23-,25-,26-,27-/m0/s1. The first-order valence-electron chi connectivity index (χ1n) is 15.2. The summed E-state index contributed by atoms with van der Waals surface area (Å²) >= 11 is 0. The third-order valence-corrected chi connectivity index (χ3v) is 8.02. The number of carbonyl (C=O) groups excluding carboxylic acids is 4. The molecule has 0 bridgehead atoms. The van der Waals surface area contributed by atoms with E-state index in [1.165, 1.54) is 4.90 Å². The Kier molecular flexibility index (Phi) is 11.5. The number of benzene rings is 2. The number of urea groups is 1. The van der Waals surface area contributed by atoms with Gasteiger partial charge in [-0.25, -0.2) is 9.59 Å². The molecular weight excluding hydrogens is 578 g/mol. The third kappa shape index (κ3) is 9.05. The summed E-state index contributed by atoms with van der Waals surface area (Å²) in [5.41, 5.74) is 13.9. The summed E-state index contributed by atoms with van der Waals surface area (Å²) in [4.78, 5) is 68.5. The highest BCUT2D eigenvalue weighted by atomic mass is 16.4. The molecule has 1 fully saturated rings. The van der Waals surface area contributed by atoms with E-state index in [1.54, 1.807) is 6.20 Å². The highest BCUT2D eigenvalue weighted by molar-refractivity contribution is 5.95. The number of para-hydroxylation sites is 1. The van der Waals surface area contributed by atoms with Crippen molar-refractivity contribution in [1.82, 2.24) is 25.8 Å². The lowest BCUT2D eigenvalue weighted by Crippen LogP contribution is -2.60. The van der Waals surface area contributed by atoms with Crippen molar-refractivity contribution in [3.8, 4) is 0 Å². The monoisotopic (exact) mass is 619 g/mol. The Morgan fingerprint density at radius 2 is 1.69 bits per heavy atom. The maximum Gasteiger partial charge on any atom is 0.326 e. The van der Waals surface area contributed by atoms with E-state index in [2.05, 4.69) is 20.9 Å². The second-order valence-corrected chi connectivity index (χ2v) is 11.3. The van der Waals surface area contributed by atoms with Crippen LogP contribution < -0.4 is 27.4 Å². The van der Waals surface area contributed by atoms with Crippen molar-refractivity contribution in [3.05, 3.63) is 71.9 Å². The summed E-state index contributed by atoms with van der Waals surface area (Å²) in [5, 5.41) is 18.4. The predicted octanol–water partition coefficient (Wildman–Crippen LogP) is 1.16. The van der Waals surface area contributed by atoms with Gasteiger partial charge in [0.1, 0.15) is 18.1 Å². The van der Waals surface area contributed by atoms with Gasteiger partial charge >= 0.3 is 12.0 Å². The minimum atomic E-state index is -1.27. The van der Waals surface area contributed by atoms with Gasteiger partial charge in [0.2, 0.25) is 17.7 Å². The number of hydrogen-bond acceptors (Lipinski definition) is 6. The largest absolute Gasteiger partial charge is 0.480 e. The van der Waals surface area contributed by atoms with E-state index in [0.717, 1.165) is 34.9 Å². The highest BCUT2D eigenvalue weighted by Gasteiger charge is 2.36. The van der Waals surface area contributed by atoms with Crippen molar-refractivity contribution in [1.29, 1.82) is 0 Å². The van der Waals surface area contributed by atoms with E-state index >= 15 is 0 Å². The molecule has 0 spiro atoms. The fourth-order valence-corrected chi connectivity index (χ4v) is 5.68. The van der Waals surface area contributed by atoms with Crippen LogP contribution in [0.5, 0.6) is 0 Å². The molecule has 3 aromatic rings. The molecule has 2 heterocycles. The number of nitrogens with one attached hydrogen (secondary N) is 4. The highest BCUT2D eigenvalue weighted by Crippen LogP contribution is 2.22. The van der Waals surface area contributed by atoms with Gasteiger partial charge in [-0.2, -0.15) is 0 Å². The fraction of sp³-hybridized carbons (Fsp3) is 0.406. The first-order chi connectivity index (χ1) is 21.6. The molecule has 4 rings (SSSR count). The van der Waals surface area contributed by atoms with E-state index in [1.807, 2.05) is 54.6 Å². The average molecular weight is 620 g/mol. The van der Waals surface area contributed by atoms with Gasteiger partial charge in [0, 0.05) is 36.6 Å². The van der Waals surface area contributed by atoms with Crippen LogP contribution in [0, 0.1) is 0 Å². The van der Waals surface area contributed by atoms with Gasteiger partial charge < -0.3 is 42.4 Å². The minimum Gasteiger partial charge on any atom is -0.480 e. The lowest BCUT2D eigenvalue weighted by atomic mass is 9.97. The lowest BCUT2D eigenvalue weighted by molar-refractivity contribution is -0.145. The zero-order chi connectivity index (χ0) is 32.3. The summed E-state index contributed by atoms with van der Waals surface area (Å²) in [7, 11) is 0. The number of carbonyl (C=O) groups is 5. The number of aliphatic carboxylic acids is 1. The number of piperidine rings is 1. The van der Waals surface area contributed by atoms with Gasteiger partial charge in [0.15, 0.2) is 0 Å². The summed E-state index contributed by atoms with van der Waals surface area (Å²) in [6.45, 7) is 0.502. The number of nitrogens with zero attached hydrogens (tertiary/aromatic N) is 1. The number of carboxylic acid groups (broad SMARTS) is 1. The van der Waals surface area contributed by atoms with Crippen LogP contribution in [0.15, 0.2) is 60.8 Å². The number of aromatic amines is 1. The second kappa shape index (κ2) is 15.7. The van der Waals surface area contributed by atoms with Crippen molar-refractivity contribution in [2.24, 2.45) is 11.5 Å². The van der Waals surface area contributed by atoms with Crippen molar-refractivity contribution in [3.63, 3.8) is 0 Å².